The third kappa shape index (κ3) is 4.39. The van der Waals surface area contributed by atoms with Gasteiger partial charge in [-0.05, 0) is 31.6 Å². The van der Waals surface area contributed by atoms with Gasteiger partial charge in [0.05, 0.1) is 17.6 Å². The molecule has 0 atom stereocenters. The molecule has 0 aromatic carbocycles. The molecule has 1 rings (SSSR count). The summed E-state index contributed by atoms with van der Waals surface area (Å²) in [5.41, 5.74) is 4.80. The Morgan fingerprint density at radius 2 is 2.00 bits per heavy atom. The van der Waals surface area contributed by atoms with Gasteiger partial charge in [-0.25, -0.2) is 13.1 Å². The number of carbonyl (C=O) groups is 1. The lowest BCUT2D eigenvalue weighted by atomic mass is 9.78. The number of methoxy groups -OCH3 is 1. The lowest BCUT2D eigenvalue weighted by Crippen LogP contribution is -2.58. The van der Waals surface area contributed by atoms with Crippen molar-refractivity contribution in [2.24, 2.45) is 11.7 Å². The monoisotopic (exact) mass is 308 g/mol. The molecule has 110 valence electrons. The highest BCUT2D eigenvalue weighted by atomic mass is 32.2. The fraction of sp³-hybridized carbons (Fsp3) is 0.818. The van der Waals surface area contributed by atoms with Crippen molar-refractivity contribution in [2.75, 3.05) is 12.9 Å². The first kappa shape index (κ1) is 16.3. The van der Waals surface area contributed by atoms with Crippen molar-refractivity contribution in [2.45, 2.75) is 38.1 Å². The molecule has 6 nitrogen and oxygen atoms in total. The van der Waals surface area contributed by atoms with Gasteiger partial charge in [0.1, 0.15) is 0 Å². The Balaban J connectivity index is 2.85. The van der Waals surface area contributed by atoms with Gasteiger partial charge in [-0.1, -0.05) is 19.1 Å². The zero-order chi connectivity index (χ0) is 14.7. The second kappa shape index (κ2) is 6.15. The average molecular weight is 308 g/mol. The summed E-state index contributed by atoms with van der Waals surface area (Å²) in [6.45, 7) is 2.10. The van der Waals surface area contributed by atoms with Gasteiger partial charge >= 0.3 is 5.97 Å². The molecule has 0 aromatic rings. The Labute approximate surface area is 119 Å². The van der Waals surface area contributed by atoms with E-state index in [2.05, 4.69) is 16.4 Å². The topological polar surface area (TPSA) is 98.5 Å². The van der Waals surface area contributed by atoms with E-state index in [1.807, 2.05) is 0 Å². The van der Waals surface area contributed by atoms with Gasteiger partial charge in [-0.3, -0.25) is 4.79 Å². The Hall–Kier alpha value is -0.730. The number of hydrogen-bond donors (Lipinski definition) is 2. The predicted octanol–water partition coefficient (Wildman–Crippen LogP) is 0.314. The van der Waals surface area contributed by atoms with Crippen molar-refractivity contribution >= 4 is 33.2 Å². The Morgan fingerprint density at radius 1 is 1.47 bits per heavy atom. The normalized spacial score (nSPS) is 27.8. The molecule has 1 aliphatic rings. The summed E-state index contributed by atoms with van der Waals surface area (Å²) in [6.07, 6.45) is 2.81. The first-order valence-corrected chi connectivity index (χ1v) is 8.15. The number of esters is 1. The second-order valence-corrected chi connectivity index (χ2v) is 7.23. The van der Waals surface area contributed by atoms with E-state index in [4.69, 9.17) is 18.0 Å². The van der Waals surface area contributed by atoms with Crippen molar-refractivity contribution in [1.29, 1.82) is 0 Å². The standard InChI is InChI=1S/C11H20N2O4S2/c1-8-3-5-11(6-4-8,10(12)18)13-19(15,16)7-9(14)17-2/h8,13H,3-7H2,1-2H3,(H2,12,18). The summed E-state index contributed by atoms with van der Waals surface area (Å²) < 4.78 is 30.7. The summed E-state index contributed by atoms with van der Waals surface area (Å²) in [6, 6.07) is 0. The van der Waals surface area contributed by atoms with Gasteiger partial charge in [0, 0.05) is 0 Å². The van der Waals surface area contributed by atoms with Crippen LogP contribution < -0.4 is 10.5 Å². The Kier molecular flexibility index (Phi) is 5.28. The number of nitrogens with one attached hydrogen (secondary N) is 1. The highest BCUT2D eigenvalue weighted by Gasteiger charge is 2.40. The van der Waals surface area contributed by atoms with Crippen molar-refractivity contribution in [3.8, 4) is 0 Å². The molecule has 0 saturated heterocycles. The smallest absolute Gasteiger partial charge is 0.322 e. The molecule has 1 fully saturated rings. The molecule has 0 radical (unpaired) electrons. The maximum atomic E-state index is 11.9. The van der Waals surface area contributed by atoms with Crippen molar-refractivity contribution in [3.63, 3.8) is 0 Å². The molecule has 0 unspecified atom stereocenters. The summed E-state index contributed by atoms with van der Waals surface area (Å²) >= 11 is 5.01. The molecule has 0 bridgehead atoms. The van der Waals surface area contributed by atoms with Crippen LogP contribution in [0.4, 0.5) is 0 Å². The molecule has 0 aromatic heterocycles. The fourth-order valence-corrected chi connectivity index (χ4v) is 3.93. The predicted molar refractivity (Wildman–Crippen MR) is 76.1 cm³/mol. The van der Waals surface area contributed by atoms with Crippen LogP contribution in [0.25, 0.3) is 0 Å². The van der Waals surface area contributed by atoms with Crippen molar-refractivity contribution in [3.05, 3.63) is 0 Å². The fourth-order valence-electron chi connectivity index (χ4n) is 2.20. The van der Waals surface area contributed by atoms with Gasteiger partial charge < -0.3 is 10.5 Å². The third-order valence-corrected chi connectivity index (χ3v) is 5.19. The van der Waals surface area contributed by atoms with E-state index in [0.29, 0.717) is 18.8 Å². The molecular weight excluding hydrogens is 288 g/mol. The molecule has 1 aliphatic carbocycles. The van der Waals surface area contributed by atoms with Crippen LogP contribution in [0.1, 0.15) is 32.6 Å². The quantitative estimate of drug-likeness (QED) is 0.560. The van der Waals surface area contributed by atoms with E-state index >= 15 is 0 Å². The second-order valence-electron chi connectivity index (χ2n) is 5.07. The zero-order valence-electron chi connectivity index (χ0n) is 11.1. The van der Waals surface area contributed by atoms with Crippen LogP contribution >= 0.6 is 12.2 Å². The number of sulfonamides is 1. The highest BCUT2D eigenvalue weighted by Crippen LogP contribution is 2.32. The number of rotatable bonds is 5. The van der Waals surface area contributed by atoms with E-state index in [0.717, 1.165) is 20.0 Å². The number of nitrogens with two attached hydrogens (primary N) is 1. The average Bonchev–Trinajstić information content (AvgIpc) is 2.31. The van der Waals surface area contributed by atoms with Crippen LogP contribution in [-0.2, 0) is 19.6 Å². The van der Waals surface area contributed by atoms with Gasteiger partial charge in [0.2, 0.25) is 10.0 Å². The first-order chi connectivity index (χ1) is 8.71. The summed E-state index contributed by atoms with van der Waals surface area (Å²) in [5.74, 6) is -1.01. The maximum absolute atomic E-state index is 11.9. The summed E-state index contributed by atoms with van der Waals surface area (Å²) in [5, 5.41) is 0. The summed E-state index contributed by atoms with van der Waals surface area (Å²) in [7, 11) is -2.66. The number of thiocarbonyl (C=S) groups is 1. The minimum atomic E-state index is -3.81. The Morgan fingerprint density at radius 3 is 2.42 bits per heavy atom. The summed E-state index contributed by atoms with van der Waals surface area (Å²) in [4.78, 5) is 11.2. The van der Waals surface area contributed by atoms with Gasteiger partial charge in [0.15, 0.2) is 5.75 Å². The van der Waals surface area contributed by atoms with E-state index in [9.17, 15) is 13.2 Å². The number of carbonyl (C=O) groups excluding carboxylic acids is 1. The maximum Gasteiger partial charge on any atom is 0.322 e. The van der Waals surface area contributed by atoms with E-state index < -0.39 is 27.3 Å². The van der Waals surface area contributed by atoms with Crippen LogP contribution in [0.5, 0.6) is 0 Å². The minimum absolute atomic E-state index is 0.132. The van der Waals surface area contributed by atoms with Crippen molar-refractivity contribution < 1.29 is 17.9 Å². The van der Waals surface area contributed by atoms with E-state index in [1.165, 1.54) is 0 Å². The SMILES string of the molecule is COC(=O)CS(=O)(=O)NC1(C(N)=S)CCC(C)CC1. The highest BCUT2D eigenvalue weighted by molar-refractivity contribution is 7.90. The molecule has 0 spiro atoms. The minimum Gasteiger partial charge on any atom is -0.468 e. The van der Waals surface area contributed by atoms with E-state index in [-0.39, 0.29) is 4.99 Å². The van der Waals surface area contributed by atoms with Crippen molar-refractivity contribution in [1.82, 2.24) is 4.72 Å². The molecular formula is C11H20N2O4S2. The molecule has 19 heavy (non-hydrogen) atoms. The largest absolute Gasteiger partial charge is 0.468 e. The van der Waals surface area contributed by atoms with Crippen LogP contribution in [-0.4, -0.2) is 37.8 Å². The van der Waals surface area contributed by atoms with Gasteiger partial charge in [-0.15, -0.1) is 0 Å². The van der Waals surface area contributed by atoms with Gasteiger partial charge in [0.25, 0.3) is 0 Å². The third-order valence-electron chi connectivity index (χ3n) is 3.49. The molecule has 3 N–H and O–H groups in total. The van der Waals surface area contributed by atoms with Gasteiger partial charge in [-0.2, -0.15) is 0 Å². The lowest BCUT2D eigenvalue weighted by Gasteiger charge is -2.38. The van der Waals surface area contributed by atoms with Crippen LogP contribution in [0.15, 0.2) is 0 Å². The molecule has 8 heteroatoms. The molecule has 0 heterocycles. The molecule has 0 aliphatic heterocycles. The molecule has 1 saturated carbocycles. The number of hydrogen-bond acceptors (Lipinski definition) is 5. The van der Waals surface area contributed by atoms with Crippen LogP contribution in [0, 0.1) is 5.92 Å². The van der Waals surface area contributed by atoms with Crippen LogP contribution in [0.2, 0.25) is 0 Å². The van der Waals surface area contributed by atoms with Crippen LogP contribution in [0.3, 0.4) is 0 Å². The molecule has 0 amide bonds. The van der Waals surface area contributed by atoms with E-state index in [1.54, 1.807) is 0 Å². The Bertz CT molecular complexity index is 453. The number of ether oxygens (including phenoxy) is 1. The first-order valence-electron chi connectivity index (χ1n) is 6.09. The zero-order valence-corrected chi connectivity index (χ0v) is 12.8. The lowest BCUT2D eigenvalue weighted by molar-refractivity contribution is -0.137.